The van der Waals surface area contributed by atoms with E-state index in [4.69, 9.17) is 0 Å². The molecule has 1 N–H and O–H groups in total. The number of rotatable bonds is 5. The van der Waals surface area contributed by atoms with E-state index in [1.54, 1.807) is 12.4 Å². The van der Waals surface area contributed by atoms with Crippen molar-refractivity contribution in [3.05, 3.63) is 18.5 Å². The Kier molecular flexibility index (Phi) is 4.11. The summed E-state index contributed by atoms with van der Waals surface area (Å²) in [5, 5.41) is 3.30. The molecule has 1 amide bonds. The summed E-state index contributed by atoms with van der Waals surface area (Å²) in [5.74, 6) is 3.55. The van der Waals surface area contributed by atoms with Crippen LogP contribution in [0.2, 0.25) is 0 Å². The first-order valence-electron chi connectivity index (χ1n) is 10.3. The number of hydrogen-bond acceptors (Lipinski definition) is 5. The van der Waals surface area contributed by atoms with Crippen molar-refractivity contribution < 1.29 is 4.79 Å². The van der Waals surface area contributed by atoms with Gasteiger partial charge in [-0.15, -0.1) is 0 Å². The fourth-order valence-electron chi connectivity index (χ4n) is 6.30. The van der Waals surface area contributed by atoms with Crippen LogP contribution in [0.25, 0.3) is 0 Å². The van der Waals surface area contributed by atoms with E-state index in [1.165, 1.54) is 19.3 Å². The van der Waals surface area contributed by atoms with Gasteiger partial charge < -0.3 is 10.2 Å². The van der Waals surface area contributed by atoms with E-state index >= 15 is 0 Å². The maximum atomic E-state index is 12.9. The van der Waals surface area contributed by atoms with Gasteiger partial charge in [-0.05, 0) is 55.9 Å². The van der Waals surface area contributed by atoms with E-state index in [9.17, 15) is 4.79 Å². The van der Waals surface area contributed by atoms with Crippen molar-refractivity contribution in [2.75, 3.05) is 44.2 Å². The van der Waals surface area contributed by atoms with Gasteiger partial charge in [-0.25, -0.2) is 9.97 Å². The lowest BCUT2D eigenvalue weighted by Crippen LogP contribution is -2.50. The standard InChI is InChI=1S/C20H29N5O/c26-18(20-13-15-10-16(14-20)12-17(20)11-15)21-4-5-24-6-8-25(9-7-24)19-22-2-1-3-23-19/h1-3,15-17H,4-14H2,(H,21,26)/t15-,16+,17?,20?. The molecule has 2 unspecified atom stereocenters. The van der Waals surface area contributed by atoms with Crippen molar-refractivity contribution in [2.24, 2.45) is 23.2 Å². The molecule has 6 nitrogen and oxygen atoms in total. The number of carbonyl (C=O) groups is 1. The van der Waals surface area contributed by atoms with Gasteiger partial charge in [0.2, 0.25) is 11.9 Å². The summed E-state index contributed by atoms with van der Waals surface area (Å²) >= 11 is 0. The van der Waals surface area contributed by atoms with Crippen LogP contribution in [0, 0.1) is 23.2 Å². The zero-order valence-electron chi connectivity index (χ0n) is 15.4. The lowest BCUT2D eigenvalue weighted by Gasteiger charge is -2.35. The minimum Gasteiger partial charge on any atom is -0.354 e. The molecule has 4 bridgehead atoms. The zero-order valence-corrected chi connectivity index (χ0v) is 15.4. The van der Waals surface area contributed by atoms with Crippen LogP contribution in [0.4, 0.5) is 5.95 Å². The quantitative estimate of drug-likeness (QED) is 0.868. The second kappa shape index (κ2) is 6.48. The first-order chi connectivity index (χ1) is 12.7. The van der Waals surface area contributed by atoms with Gasteiger partial charge in [0.15, 0.2) is 0 Å². The average Bonchev–Trinajstić information content (AvgIpc) is 3.08. The van der Waals surface area contributed by atoms with Gasteiger partial charge in [-0.1, -0.05) is 0 Å². The maximum Gasteiger partial charge on any atom is 0.226 e. The van der Waals surface area contributed by atoms with Crippen molar-refractivity contribution in [1.29, 1.82) is 0 Å². The lowest BCUT2D eigenvalue weighted by atomic mass is 9.75. The molecule has 0 aromatic carbocycles. The topological polar surface area (TPSA) is 61.4 Å². The smallest absolute Gasteiger partial charge is 0.226 e. The van der Waals surface area contributed by atoms with E-state index in [-0.39, 0.29) is 5.41 Å². The Hall–Kier alpha value is -1.69. The maximum absolute atomic E-state index is 12.9. The minimum atomic E-state index is 0.0108. The third kappa shape index (κ3) is 2.79. The summed E-state index contributed by atoms with van der Waals surface area (Å²) in [4.78, 5) is 26.3. The number of aromatic nitrogens is 2. The molecule has 26 heavy (non-hydrogen) atoms. The molecule has 4 atom stereocenters. The van der Waals surface area contributed by atoms with Crippen molar-refractivity contribution >= 4 is 11.9 Å². The fraction of sp³-hybridized carbons (Fsp3) is 0.750. The van der Waals surface area contributed by atoms with Crippen LogP contribution in [-0.4, -0.2) is 60.0 Å². The first-order valence-corrected chi connectivity index (χ1v) is 10.3. The molecule has 0 spiro atoms. The van der Waals surface area contributed by atoms with Crippen molar-refractivity contribution in [2.45, 2.75) is 32.1 Å². The molecule has 5 fully saturated rings. The van der Waals surface area contributed by atoms with Gasteiger partial charge in [0.25, 0.3) is 0 Å². The second-order valence-corrected chi connectivity index (χ2v) is 8.83. The molecule has 1 aromatic rings. The molecule has 1 saturated heterocycles. The Morgan fingerprint density at radius 1 is 1.08 bits per heavy atom. The van der Waals surface area contributed by atoms with Gasteiger partial charge in [-0.2, -0.15) is 0 Å². The molecule has 1 aromatic heterocycles. The summed E-state index contributed by atoms with van der Waals surface area (Å²) in [6, 6.07) is 1.85. The van der Waals surface area contributed by atoms with Gasteiger partial charge >= 0.3 is 0 Å². The van der Waals surface area contributed by atoms with Gasteiger partial charge in [0.1, 0.15) is 0 Å². The molecule has 0 radical (unpaired) electrons. The second-order valence-electron chi connectivity index (χ2n) is 8.83. The van der Waals surface area contributed by atoms with E-state index in [0.29, 0.717) is 11.8 Å². The molecular weight excluding hydrogens is 326 g/mol. The molecule has 2 heterocycles. The molecular formula is C20H29N5O. The van der Waals surface area contributed by atoms with Crippen molar-refractivity contribution in [3.8, 4) is 0 Å². The van der Waals surface area contributed by atoms with Crippen LogP contribution >= 0.6 is 0 Å². The van der Waals surface area contributed by atoms with Crippen LogP contribution in [0.1, 0.15) is 32.1 Å². The average molecular weight is 355 g/mol. The van der Waals surface area contributed by atoms with E-state index in [2.05, 4.69) is 25.1 Å². The highest BCUT2D eigenvalue weighted by molar-refractivity contribution is 5.84. The highest BCUT2D eigenvalue weighted by atomic mass is 16.2. The fourth-order valence-corrected chi connectivity index (χ4v) is 6.30. The van der Waals surface area contributed by atoms with E-state index < -0.39 is 0 Å². The number of nitrogens with one attached hydrogen (secondary N) is 1. The van der Waals surface area contributed by atoms with Crippen LogP contribution in [0.5, 0.6) is 0 Å². The minimum absolute atomic E-state index is 0.0108. The van der Waals surface area contributed by atoms with Crippen molar-refractivity contribution in [1.82, 2.24) is 20.2 Å². The molecule has 140 valence electrons. The molecule has 4 saturated carbocycles. The SMILES string of the molecule is O=C(NCCN1CCN(c2ncccn2)CC1)C12C[C@@H]3CC1C[C@@H](C3)C2. The predicted octanol–water partition coefficient (Wildman–Crippen LogP) is 1.54. The van der Waals surface area contributed by atoms with Crippen LogP contribution in [0.15, 0.2) is 18.5 Å². The van der Waals surface area contributed by atoms with E-state index in [0.717, 1.165) is 69.9 Å². The third-order valence-electron chi connectivity index (χ3n) is 7.36. The Balaban J connectivity index is 1.08. The van der Waals surface area contributed by atoms with Crippen molar-refractivity contribution in [3.63, 3.8) is 0 Å². The summed E-state index contributed by atoms with van der Waals surface area (Å²) < 4.78 is 0. The highest BCUT2D eigenvalue weighted by Gasteiger charge is 2.61. The summed E-state index contributed by atoms with van der Waals surface area (Å²) in [7, 11) is 0. The number of amides is 1. The molecule has 6 rings (SSSR count). The monoisotopic (exact) mass is 355 g/mol. The Labute approximate surface area is 155 Å². The Morgan fingerprint density at radius 3 is 2.46 bits per heavy atom. The predicted molar refractivity (Wildman–Crippen MR) is 99.7 cm³/mol. The van der Waals surface area contributed by atoms with Crippen LogP contribution in [-0.2, 0) is 4.79 Å². The number of piperazine rings is 1. The summed E-state index contributed by atoms with van der Waals surface area (Å²) in [5.41, 5.74) is 0.0108. The molecule has 5 aliphatic rings. The van der Waals surface area contributed by atoms with Gasteiger partial charge in [-0.3, -0.25) is 9.69 Å². The van der Waals surface area contributed by atoms with E-state index in [1.807, 2.05) is 6.07 Å². The number of nitrogens with zero attached hydrogens (tertiary/aromatic N) is 4. The number of carbonyl (C=O) groups excluding carboxylic acids is 1. The summed E-state index contributed by atoms with van der Waals surface area (Å²) in [6.45, 7) is 5.64. The van der Waals surface area contributed by atoms with Gasteiger partial charge in [0.05, 0.1) is 5.41 Å². The molecule has 1 aliphatic heterocycles. The normalized spacial score (nSPS) is 35.8. The molecule has 6 heteroatoms. The lowest BCUT2D eigenvalue weighted by molar-refractivity contribution is -0.132. The number of hydrogen-bond donors (Lipinski definition) is 1. The first kappa shape index (κ1) is 16.5. The van der Waals surface area contributed by atoms with Crippen LogP contribution in [0.3, 0.4) is 0 Å². The third-order valence-corrected chi connectivity index (χ3v) is 7.36. The van der Waals surface area contributed by atoms with Gasteiger partial charge in [0, 0.05) is 51.7 Å². The van der Waals surface area contributed by atoms with Crippen LogP contribution < -0.4 is 10.2 Å². The summed E-state index contributed by atoms with van der Waals surface area (Å²) in [6.07, 6.45) is 9.94. The zero-order chi connectivity index (χ0) is 17.6. The largest absolute Gasteiger partial charge is 0.354 e. The molecule has 4 aliphatic carbocycles. The Bertz CT molecular complexity index is 643. The Morgan fingerprint density at radius 2 is 1.77 bits per heavy atom. The number of anilines is 1. The highest BCUT2D eigenvalue weighted by Crippen LogP contribution is 2.65.